The number of hydrogen-bond acceptors (Lipinski definition) is 5. The summed E-state index contributed by atoms with van der Waals surface area (Å²) in [5.41, 5.74) is 2.65. The summed E-state index contributed by atoms with van der Waals surface area (Å²) in [6, 6.07) is 20.0. The third-order valence-corrected chi connectivity index (χ3v) is 7.78. The second-order valence-corrected chi connectivity index (χ2v) is 10.2. The van der Waals surface area contributed by atoms with Gasteiger partial charge in [-0.1, -0.05) is 42.5 Å². The first-order chi connectivity index (χ1) is 19.4. The van der Waals surface area contributed by atoms with Crippen LogP contribution in [0.1, 0.15) is 58.8 Å². The molecule has 208 valence electrons. The summed E-state index contributed by atoms with van der Waals surface area (Å²) in [5, 5.41) is 0. The molecule has 2 amide bonds. The molecule has 2 aliphatic heterocycles. The van der Waals surface area contributed by atoms with Gasteiger partial charge in [0.05, 0.1) is 31.6 Å². The Labute approximate surface area is 233 Å². The van der Waals surface area contributed by atoms with Gasteiger partial charge >= 0.3 is 5.97 Å². The molecule has 0 N–H and O–H groups in total. The first kappa shape index (κ1) is 27.4. The Morgan fingerprint density at radius 1 is 1.00 bits per heavy atom. The van der Waals surface area contributed by atoms with Gasteiger partial charge in [0.1, 0.15) is 11.6 Å². The smallest absolute Gasteiger partial charge is 0.310 e. The minimum absolute atomic E-state index is 0.140. The van der Waals surface area contributed by atoms with Gasteiger partial charge < -0.3 is 19.3 Å². The second-order valence-electron chi connectivity index (χ2n) is 10.2. The number of halogens is 1. The maximum Gasteiger partial charge on any atom is 0.310 e. The fourth-order valence-corrected chi connectivity index (χ4v) is 5.82. The largest absolute Gasteiger partial charge is 0.497 e. The molecule has 0 saturated carbocycles. The van der Waals surface area contributed by atoms with Crippen LogP contribution < -0.4 is 4.74 Å². The molecule has 0 unspecified atom stereocenters. The number of amides is 2. The van der Waals surface area contributed by atoms with Gasteiger partial charge in [0.25, 0.3) is 5.91 Å². The Bertz CT molecular complexity index is 1370. The van der Waals surface area contributed by atoms with Gasteiger partial charge in [0.15, 0.2) is 0 Å². The summed E-state index contributed by atoms with van der Waals surface area (Å²) in [6.45, 7) is 3.06. The summed E-state index contributed by atoms with van der Waals surface area (Å²) < 4.78 is 24.3. The topological polar surface area (TPSA) is 76.2 Å². The molecule has 0 bridgehead atoms. The molecule has 8 heteroatoms. The van der Waals surface area contributed by atoms with Crippen LogP contribution in [-0.4, -0.2) is 54.4 Å². The molecule has 2 heterocycles. The standard InChI is InChI=1S/C32H33FN2O5/c1-3-40-32(38)23-7-6-18-34(20-23)31(37)28-26-8-4-5-9-27(26)30(36)35(19-21-10-14-24(33)15-11-21)29(28)22-12-16-25(39-2)17-13-22/h4-5,8-17,23,28-29H,3,6-7,18-20H2,1-2H3/t23-,28+,29-/m1/s1. The molecule has 0 aliphatic carbocycles. The molecule has 0 radical (unpaired) electrons. The predicted octanol–water partition coefficient (Wildman–Crippen LogP) is 5.12. The minimum Gasteiger partial charge on any atom is -0.497 e. The van der Waals surface area contributed by atoms with Crippen LogP contribution in [0.25, 0.3) is 0 Å². The highest BCUT2D eigenvalue weighted by Gasteiger charge is 2.46. The Hall–Kier alpha value is -4.20. The van der Waals surface area contributed by atoms with Crippen LogP contribution in [0.5, 0.6) is 5.75 Å². The average molecular weight is 545 g/mol. The highest BCUT2D eigenvalue weighted by molar-refractivity contribution is 6.01. The number of ether oxygens (including phenoxy) is 2. The third-order valence-electron chi connectivity index (χ3n) is 7.78. The van der Waals surface area contributed by atoms with Crippen molar-refractivity contribution in [2.75, 3.05) is 26.8 Å². The van der Waals surface area contributed by atoms with Crippen molar-refractivity contribution in [3.63, 3.8) is 0 Å². The Morgan fingerprint density at radius 3 is 2.42 bits per heavy atom. The number of nitrogens with zero attached hydrogens (tertiary/aromatic N) is 2. The molecule has 3 atom stereocenters. The molecule has 5 rings (SSSR count). The van der Waals surface area contributed by atoms with Crippen molar-refractivity contribution < 1.29 is 28.2 Å². The van der Waals surface area contributed by atoms with E-state index in [0.29, 0.717) is 42.9 Å². The quantitative estimate of drug-likeness (QED) is 0.386. The zero-order chi connectivity index (χ0) is 28.2. The first-order valence-corrected chi connectivity index (χ1v) is 13.6. The Kier molecular flexibility index (Phi) is 8.14. The highest BCUT2D eigenvalue weighted by Crippen LogP contribution is 2.45. The van der Waals surface area contributed by atoms with E-state index in [9.17, 15) is 18.8 Å². The zero-order valence-electron chi connectivity index (χ0n) is 22.7. The number of carbonyl (C=O) groups is 3. The number of esters is 1. The lowest BCUT2D eigenvalue weighted by Gasteiger charge is -2.44. The number of rotatable bonds is 7. The van der Waals surface area contributed by atoms with Gasteiger partial charge in [-0.25, -0.2) is 4.39 Å². The molecular formula is C32H33FN2O5. The fourth-order valence-electron chi connectivity index (χ4n) is 5.82. The van der Waals surface area contributed by atoms with E-state index in [1.165, 1.54) is 12.1 Å². The molecule has 40 heavy (non-hydrogen) atoms. The lowest BCUT2D eigenvalue weighted by Crippen LogP contribution is -2.50. The Balaban J connectivity index is 1.59. The maximum absolute atomic E-state index is 14.5. The van der Waals surface area contributed by atoms with Crippen molar-refractivity contribution in [3.05, 3.63) is 101 Å². The van der Waals surface area contributed by atoms with Crippen LogP contribution in [0, 0.1) is 11.7 Å². The van der Waals surface area contributed by atoms with Gasteiger partial charge in [-0.2, -0.15) is 0 Å². The number of likely N-dealkylation sites (tertiary alicyclic amines) is 1. The maximum atomic E-state index is 14.5. The Morgan fingerprint density at radius 2 is 1.73 bits per heavy atom. The van der Waals surface area contributed by atoms with E-state index in [1.54, 1.807) is 48.1 Å². The van der Waals surface area contributed by atoms with Crippen LogP contribution >= 0.6 is 0 Å². The van der Waals surface area contributed by atoms with Crippen LogP contribution in [0.15, 0.2) is 72.8 Å². The molecule has 2 aliphatic rings. The monoisotopic (exact) mass is 544 g/mol. The predicted molar refractivity (Wildman–Crippen MR) is 147 cm³/mol. The average Bonchev–Trinajstić information content (AvgIpc) is 2.99. The number of carbonyl (C=O) groups excluding carboxylic acids is 3. The first-order valence-electron chi connectivity index (χ1n) is 13.6. The third kappa shape index (κ3) is 5.43. The second kappa shape index (κ2) is 11.9. The number of piperidine rings is 1. The van der Waals surface area contributed by atoms with Crippen molar-refractivity contribution in [2.24, 2.45) is 5.92 Å². The van der Waals surface area contributed by atoms with E-state index in [2.05, 4.69) is 0 Å². The number of hydrogen-bond donors (Lipinski definition) is 0. The number of methoxy groups -OCH3 is 1. The summed E-state index contributed by atoms with van der Waals surface area (Å²) in [4.78, 5) is 44.5. The summed E-state index contributed by atoms with van der Waals surface area (Å²) in [7, 11) is 1.58. The summed E-state index contributed by atoms with van der Waals surface area (Å²) >= 11 is 0. The molecule has 0 aromatic heterocycles. The van der Waals surface area contributed by atoms with Crippen molar-refractivity contribution in [1.82, 2.24) is 9.80 Å². The SMILES string of the molecule is CCOC(=O)[C@@H]1CCCN(C(=O)[C@H]2c3ccccc3C(=O)N(Cc3ccc(F)cc3)[C@@H]2c2ccc(OC)cc2)C1. The minimum atomic E-state index is -0.705. The molecule has 1 fully saturated rings. The van der Waals surface area contributed by atoms with Crippen molar-refractivity contribution in [3.8, 4) is 5.75 Å². The number of benzene rings is 3. The van der Waals surface area contributed by atoms with Crippen molar-refractivity contribution >= 4 is 17.8 Å². The molecular weight excluding hydrogens is 511 g/mol. The lowest BCUT2D eigenvalue weighted by atomic mass is 9.78. The van der Waals surface area contributed by atoms with E-state index >= 15 is 0 Å². The molecule has 3 aromatic rings. The molecule has 0 spiro atoms. The summed E-state index contributed by atoms with van der Waals surface area (Å²) in [6.07, 6.45) is 1.36. The van der Waals surface area contributed by atoms with E-state index in [1.807, 2.05) is 36.4 Å². The molecule has 1 saturated heterocycles. The number of fused-ring (bicyclic) bond motifs is 1. The fraction of sp³-hybridized carbons (Fsp3) is 0.344. The van der Waals surface area contributed by atoms with Crippen molar-refractivity contribution in [1.29, 1.82) is 0 Å². The van der Waals surface area contributed by atoms with Gasteiger partial charge in [0.2, 0.25) is 5.91 Å². The van der Waals surface area contributed by atoms with Crippen molar-refractivity contribution in [2.45, 2.75) is 38.3 Å². The van der Waals surface area contributed by atoms with E-state index in [-0.39, 0.29) is 42.6 Å². The van der Waals surface area contributed by atoms with Gasteiger partial charge in [-0.3, -0.25) is 14.4 Å². The van der Waals surface area contributed by atoms with E-state index in [4.69, 9.17) is 9.47 Å². The lowest BCUT2D eigenvalue weighted by molar-refractivity contribution is -0.151. The van der Waals surface area contributed by atoms with Gasteiger partial charge in [-0.05, 0) is 66.8 Å². The normalized spacial score (nSPS) is 20.6. The molecule has 7 nitrogen and oxygen atoms in total. The van der Waals surface area contributed by atoms with Crippen LogP contribution in [0.3, 0.4) is 0 Å². The van der Waals surface area contributed by atoms with E-state index in [0.717, 1.165) is 11.1 Å². The zero-order valence-corrected chi connectivity index (χ0v) is 22.7. The van der Waals surface area contributed by atoms with Crippen LogP contribution in [0.4, 0.5) is 4.39 Å². The van der Waals surface area contributed by atoms with Crippen LogP contribution in [-0.2, 0) is 20.9 Å². The van der Waals surface area contributed by atoms with E-state index < -0.39 is 12.0 Å². The van der Waals surface area contributed by atoms with Gasteiger partial charge in [-0.15, -0.1) is 0 Å². The molecule has 3 aromatic carbocycles. The summed E-state index contributed by atoms with van der Waals surface area (Å²) in [5.74, 6) is -1.42. The van der Waals surface area contributed by atoms with Crippen LogP contribution in [0.2, 0.25) is 0 Å². The van der Waals surface area contributed by atoms with Gasteiger partial charge in [0, 0.05) is 25.2 Å². The highest BCUT2D eigenvalue weighted by atomic mass is 19.1.